The normalized spacial score (nSPS) is 15.7. The smallest absolute Gasteiger partial charge is 0.247 e. The first-order valence-corrected chi connectivity index (χ1v) is 14.9. The summed E-state index contributed by atoms with van der Waals surface area (Å²) in [7, 11) is 1.52. The second kappa shape index (κ2) is 13.2. The summed E-state index contributed by atoms with van der Waals surface area (Å²) in [5, 5.41) is 0.462. The SMILES string of the molecule is COc1cc2c(Oc3ccc(N(C(=O)C4(C(N)=O)CC4)c4ccc(F)cc4)cc3F)ncnc2cc1OCCCN1CCOCC1. The Morgan fingerprint density at radius 3 is 2.39 bits per heavy atom. The van der Waals surface area contributed by atoms with E-state index in [1.54, 1.807) is 12.1 Å². The molecule has 0 unspecified atom stereocenters. The minimum atomic E-state index is -1.40. The van der Waals surface area contributed by atoms with Crippen molar-refractivity contribution in [2.75, 3.05) is 51.5 Å². The lowest BCUT2D eigenvalue weighted by molar-refractivity contribution is -0.133. The molecule has 2 fully saturated rings. The van der Waals surface area contributed by atoms with Gasteiger partial charge in [-0.25, -0.2) is 18.7 Å². The molecule has 1 saturated heterocycles. The minimum Gasteiger partial charge on any atom is -0.493 e. The first kappa shape index (κ1) is 31.1. The molecule has 13 heteroatoms. The van der Waals surface area contributed by atoms with Crippen molar-refractivity contribution in [3.05, 3.63) is 72.6 Å². The summed E-state index contributed by atoms with van der Waals surface area (Å²) in [5.74, 6) is -1.86. The second-order valence-corrected chi connectivity index (χ2v) is 11.1. The number of amides is 2. The molecule has 1 aliphatic carbocycles. The molecule has 240 valence electrons. The van der Waals surface area contributed by atoms with Crippen LogP contribution in [-0.2, 0) is 14.3 Å². The molecule has 0 radical (unpaired) electrons. The first-order valence-electron chi connectivity index (χ1n) is 14.9. The van der Waals surface area contributed by atoms with Gasteiger partial charge >= 0.3 is 0 Å². The third-order valence-electron chi connectivity index (χ3n) is 8.16. The molecule has 3 aromatic carbocycles. The van der Waals surface area contributed by atoms with Crippen LogP contribution in [0.3, 0.4) is 0 Å². The first-order chi connectivity index (χ1) is 22.3. The number of anilines is 2. The van der Waals surface area contributed by atoms with E-state index in [9.17, 15) is 14.0 Å². The van der Waals surface area contributed by atoms with Crippen molar-refractivity contribution in [3.63, 3.8) is 0 Å². The average molecular weight is 634 g/mol. The number of carbonyl (C=O) groups is 2. The molecule has 2 aliphatic rings. The summed E-state index contributed by atoms with van der Waals surface area (Å²) >= 11 is 0. The Balaban J connectivity index is 1.23. The molecule has 6 rings (SSSR count). The molecule has 2 heterocycles. The second-order valence-electron chi connectivity index (χ2n) is 11.1. The van der Waals surface area contributed by atoms with Gasteiger partial charge in [-0.2, -0.15) is 0 Å². The highest BCUT2D eigenvalue weighted by molar-refractivity contribution is 6.16. The van der Waals surface area contributed by atoms with Crippen LogP contribution >= 0.6 is 0 Å². The third kappa shape index (κ3) is 6.42. The Hall–Kier alpha value is -4.88. The highest BCUT2D eigenvalue weighted by Crippen LogP contribution is 2.49. The summed E-state index contributed by atoms with van der Waals surface area (Å²) in [6.07, 6.45) is 2.66. The lowest BCUT2D eigenvalue weighted by Gasteiger charge is -2.26. The van der Waals surface area contributed by atoms with Gasteiger partial charge in [-0.1, -0.05) is 0 Å². The van der Waals surface area contributed by atoms with Crippen molar-refractivity contribution in [2.24, 2.45) is 11.1 Å². The van der Waals surface area contributed by atoms with Crippen LogP contribution in [0, 0.1) is 17.0 Å². The standard InChI is InChI=1S/C33H33F2N5O6/c1-43-28-18-24-26(19-29(28)45-14-2-11-39-12-15-44-16-13-39)37-20-38-30(24)46-27-8-7-23(17-25(27)35)40(22-5-3-21(34)4-6-22)32(42)33(9-10-33)31(36)41/h3-8,17-20H,2,9-16H2,1H3,(H2,36,41). The summed E-state index contributed by atoms with van der Waals surface area (Å²) in [4.78, 5) is 37.8. The largest absolute Gasteiger partial charge is 0.493 e. The Labute approximate surface area is 263 Å². The monoisotopic (exact) mass is 633 g/mol. The summed E-state index contributed by atoms with van der Waals surface area (Å²) in [6, 6.07) is 12.4. The van der Waals surface area contributed by atoms with Crippen molar-refractivity contribution in [3.8, 4) is 23.1 Å². The highest BCUT2D eigenvalue weighted by atomic mass is 19.1. The van der Waals surface area contributed by atoms with E-state index in [-0.39, 0.29) is 35.8 Å². The van der Waals surface area contributed by atoms with Gasteiger partial charge in [-0.3, -0.25) is 19.4 Å². The Kier molecular flexibility index (Phi) is 8.95. The molecule has 1 aromatic heterocycles. The molecule has 0 atom stereocenters. The molecule has 0 spiro atoms. The highest BCUT2D eigenvalue weighted by Gasteiger charge is 2.57. The van der Waals surface area contributed by atoms with Gasteiger partial charge in [0.25, 0.3) is 0 Å². The van der Waals surface area contributed by atoms with E-state index in [1.807, 2.05) is 0 Å². The fraction of sp³-hybridized carbons (Fsp3) is 0.333. The molecule has 2 amide bonds. The molecule has 11 nitrogen and oxygen atoms in total. The lowest BCUT2D eigenvalue weighted by Crippen LogP contribution is -2.41. The Morgan fingerprint density at radius 2 is 1.72 bits per heavy atom. The molecule has 4 aromatic rings. The van der Waals surface area contributed by atoms with Crippen LogP contribution in [0.1, 0.15) is 19.3 Å². The van der Waals surface area contributed by atoms with Gasteiger partial charge in [-0.05, 0) is 61.7 Å². The van der Waals surface area contributed by atoms with E-state index < -0.39 is 28.9 Å². The van der Waals surface area contributed by atoms with Crippen molar-refractivity contribution >= 4 is 34.1 Å². The molecule has 0 bridgehead atoms. The maximum atomic E-state index is 15.6. The van der Waals surface area contributed by atoms with Gasteiger partial charge in [0.05, 0.1) is 43.5 Å². The van der Waals surface area contributed by atoms with Crippen LogP contribution in [-0.4, -0.2) is 73.2 Å². The average Bonchev–Trinajstić information content (AvgIpc) is 3.88. The molecular formula is C33H33F2N5O6. The van der Waals surface area contributed by atoms with Crippen LogP contribution in [0.2, 0.25) is 0 Å². The summed E-state index contributed by atoms with van der Waals surface area (Å²) < 4.78 is 52.2. The number of aromatic nitrogens is 2. The quantitative estimate of drug-likeness (QED) is 0.174. The lowest BCUT2D eigenvalue weighted by atomic mass is 10.0. The molecule has 46 heavy (non-hydrogen) atoms. The number of nitrogens with zero attached hydrogens (tertiary/aromatic N) is 4. The number of methoxy groups -OCH3 is 1. The number of ether oxygens (including phenoxy) is 4. The molecular weight excluding hydrogens is 600 g/mol. The van der Waals surface area contributed by atoms with Crippen LogP contribution < -0.4 is 24.8 Å². The maximum Gasteiger partial charge on any atom is 0.247 e. The minimum absolute atomic E-state index is 0.0750. The number of carbonyl (C=O) groups excluding carboxylic acids is 2. The van der Waals surface area contributed by atoms with Gasteiger partial charge in [-0.15, -0.1) is 0 Å². The Bertz CT molecular complexity index is 1750. The van der Waals surface area contributed by atoms with Gasteiger partial charge in [0.1, 0.15) is 17.6 Å². The van der Waals surface area contributed by atoms with E-state index in [2.05, 4.69) is 14.9 Å². The predicted molar refractivity (Wildman–Crippen MR) is 164 cm³/mol. The molecule has 2 N–H and O–H groups in total. The van der Waals surface area contributed by atoms with Crippen LogP contribution in [0.5, 0.6) is 23.1 Å². The number of halogens is 2. The van der Waals surface area contributed by atoms with Gasteiger partial charge in [0.15, 0.2) is 23.1 Å². The maximum absolute atomic E-state index is 15.6. The summed E-state index contributed by atoms with van der Waals surface area (Å²) in [6.45, 7) is 4.66. The predicted octanol–water partition coefficient (Wildman–Crippen LogP) is 4.74. The van der Waals surface area contributed by atoms with E-state index in [1.165, 1.54) is 49.8 Å². The van der Waals surface area contributed by atoms with E-state index in [4.69, 9.17) is 24.7 Å². The topological polar surface area (TPSA) is 129 Å². The van der Waals surface area contributed by atoms with Gasteiger partial charge in [0.2, 0.25) is 17.7 Å². The van der Waals surface area contributed by atoms with Crippen LogP contribution in [0.4, 0.5) is 20.2 Å². The number of fused-ring (bicyclic) bond motifs is 1. The number of primary amides is 1. The third-order valence-corrected chi connectivity index (χ3v) is 8.16. The Morgan fingerprint density at radius 1 is 0.978 bits per heavy atom. The zero-order valence-corrected chi connectivity index (χ0v) is 25.2. The zero-order valence-electron chi connectivity index (χ0n) is 25.2. The number of nitrogens with two attached hydrogens (primary N) is 1. The summed E-state index contributed by atoms with van der Waals surface area (Å²) in [5.41, 5.74) is 5.01. The molecule has 1 saturated carbocycles. The van der Waals surface area contributed by atoms with Crippen LogP contribution in [0.25, 0.3) is 10.9 Å². The van der Waals surface area contributed by atoms with Crippen LogP contribution in [0.15, 0.2) is 60.9 Å². The van der Waals surface area contributed by atoms with E-state index >= 15 is 4.39 Å². The number of benzene rings is 3. The van der Waals surface area contributed by atoms with Crippen molar-refractivity contribution in [1.82, 2.24) is 14.9 Å². The van der Waals surface area contributed by atoms with E-state index in [0.29, 0.717) is 29.0 Å². The van der Waals surface area contributed by atoms with Crippen molar-refractivity contribution in [2.45, 2.75) is 19.3 Å². The number of morpholine rings is 1. The zero-order chi connectivity index (χ0) is 32.3. The van der Waals surface area contributed by atoms with Gasteiger partial charge in [0, 0.05) is 37.5 Å². The van der Waals surface area contributed by atoms with E-state index in [0.717, 1.165) is 50.2 Å². The van der Waals surface area contributed by atoms with Gasteiger partial charge < -0.3 is 24.7 Å². The van der Waals surface area contributed by atoms with Crippen molar-refractivity contribution < 1.29 is 37.3 Å². The number of hydrogen-bond donors (Lipinski definition) is 1. The number of hydrogen-bond acceptors (Lipinski definition) is 9. The fourth-order valence-electron chi connectivity index (χ4n) is 5.38. The fourth-order valence-corrected chi connectivity index (χ4v) is 5.38. The number of rotatable bonds is 12. The van der Waals surface area contributed by atoms with Crippen molar-refractivity contribution in [1.29, 1.82) is 0 Å². The molecule has 1 aliphatic heterocycles.